The third kappa shape index (κ3) is 2.36. The van der Waals surface area contributed by atoms with E-state index in [-0.39, 0.29) is 5.57 Å². The number of carbonyl (C=O) groups is 1. The molecule has 1 aromatic rings. The molecule has 0 heterocycles. The van der Waals surface area contributed by atoms with Crippen molar-refractivity contribution in [1.29, 1.82) is 0 Å². The smallest absolute Gasteiger partial charge is 0.337 e. The van der Waals surface area contributed by atoms with Crippen LogP contribution in [0.5, 0.6) is 0 Å². The number of hydrogen-bond donors (Lipinski definition) is 1. The highest BCUT2D eigenvalue weighted by Gasteiger charge is 2.13. The summed E-state index contributed by atoms with van der Waals surface area (Å²) in [6, 6.07) is 8.89. The molecule has 0 atom stereocenters. The van der Waals surface area contributed by atoms with E-state index in [1.807, 2.05) is 13.0 Å². The lowest BCUT2D eigenvalue weighted by Crippen LogP contribution is -2.01. The van der Waals surface area contributed by atoms with Gasteiger partial charge in [-0.25, -0.2) is 4.79 Å². The van der Waals surface area contributed by atoms with E-state index in [4.69, 9.17) is 16.7 Å². The van der Waals surface area contributed by atoms with Gasteiger partial charge >= 0.3 is 5.97 Å². The van der Waals surface area contributed by atoms with Gasteiger partial charge in [-0.05, 0) is 12.0 Å². The molecule has 0 amide bonds. The van der Waals surface area contributed by atoms with E-state index in [2.05, 4.69) is 0 Å². The maximum Gasteiger partial charge on any atom is 0.337 e. The summed E-state index contributed by atoms with van der Waals surface area (Å²) in [6.45, 7) is 1.83. The number of rotatable bonds is 3. The van der Waals surface area contributed by atoms with E-state index >= 15 is 0 Å². The van der Waals surface area contributed by atoms with Gasteiger partial charge in [-0.3, -0.25) is 0 Å². The molecule has 0 aliphatic rings. The number of allylic oxidation sites excluding steroid dienone is 1. The highest BCUT2D eigenvalue weighted by Crippen LogP contribution is 2.23. The van der Waals surface area contributed by atoms with Crippen LogP contribution in [-0.2, 0) is 4.79 Å². The van der Waals surface area contributed by atoms with Crippen LogP contribution in [0.2, 0.25) is 0 Å². The van der Waals surface area contributed by atoms with Gasteiger partial charge in [0.1, 0.15) is 0 Å². The van der Waals surface area contributed by atoms with Gasteiger partial charge in [0.05, 0.1) is 5.57 Å². The molecule has 0 aliphatic heterocycles. The topological polar surface area (TPSA) is 37.3 Å². The number of halogens is 1. The molecule has 14 heavy (non-hydrogen) atoms. The average molecular weight is 211 g/mol. The maximum absolute atomic E-state index is 11.0. The first-order chi connectivity index (χ1) is 6.66. The minimum absolute atomic E-state index is 0.190. The van der Waals surface area contributed by atoms with Crippen molar-refractivity contribution >= 4 is 23.1 Å². The highest BCUT2D eigenvalue weighted by molar-refractivity contribution is 6.38. The van der Waals surface area contributed by atoms with Gasteiger partial charge in [-0.15, -0.1) is 0 Å². The van der Waals surface area contributed by atoms with Crippen molar-refractivity contribution in [2.45, 2.75) is 13.3 Å². The lowest BCUT2D eigenvalue weighted by molar-refractivity contribution is -0.130. The zero-order valence-corrected chi connectivity index (χ0v) is 8.58. The molecular formula is C11H11ClO2. The summed E-state index contributed by atoms with van der Waals surface area (Å²) in [4.78, 5) is 11.0. The molecule has 2 nitrogen and oxygen atoms in total. The van der Waals surface area contributed by atoms with Crippen LogP contribution in [0.3, 0.4) is 0 Å². The third-order valence-corrected chi connectivity index (χ3v) is 2.31. The van der Waals surface area contributed by atoms with E-state index < -0.39 is 5.97 Å². The summed E-state index contributed by atoms with van der Waals surface area (Å²) < 4.78 is 0. The number of hydrogen-bond acceptors (Lipinski definition) is 1. The highest BCUT2D eigenvalue weighted by atomic mass is 35.5. The van der Waals surface area contributed by atoms with Crippen molar-refractivity contribution in [3.05, 3.63) is 40.9 Å². The monoisotopic (exact) mass is 210 g/mol. The Kier molecular flexibility index (Phi) is 3.72. The number of carboxylic acids is 1. The molecule has 0 spiro atoms. The van der Waals surface area contributed by atoms with Crippen molar-refractivity contribution in [1.82, 2.24) is 0 Å². The Bertz CT molecular complexity index is 355. The summed E-state index contributed by atoms with van der Waals surface area (Å²) in [6.07, 6.45) is 0.526. The first-order valence-electron chi connectivity index (χ1n) is 4.34. The molecule has 0 radical (unpaired) electrons. The Hall–Kier alpha value is -1.28. The van der Waals surface area contributed by atoms with Crippen molar-refractivity contribution in [3.63, 3.8) is 0 Å². The lowest BCUT2D eigenvalue weighted by Gasteiger charge is -2.04. The standard InChI is InChI=1S/C11H11ClO2/c1-2-9(12)10(11(13)14)8-6-4-3-5-7-8/h3-7H,2H2,1H3,(H,13,14)/b10-9+. The van der Waals surface area contributed by atoms with Crippen molar-refractivity contribution in [2.75, 3.05) is 0 Å². The van der Waals surface area contributed by atoms with Gasteiger partial charge in [0, 0.05) is 5.03 Å². The van der Waals surface area contributed by atoms with Gasteiger partial charge in [0.15, 0.2) is 0 Å². The molecular weight excluding hydrogens is 200 g/mol. The predicted molar refractivity (Wildman–Crippen MR) is 57.1 cm³/mol. The van der Waals surface area contributed by atoms with Gasteiger partial charge in [0.2, 0.25) is 0 Å². The second kappa shape index (κ2) is 4.82. The Labute approximate surface area is 87.8 Å². The second-order valence-corrected chi connectivity index (χ2v) is 3.26. The quantitative estimate of drug-likeness (QED) is 0.779. The first kappa shape index (κ1) is 10.8. The normalized spacial score (nSPS) is 12.1. The predicted octanol–water partition coefficient (Wildman–Crippen LogP) is 3.13. The molecule has 1 rings (SSSR count). The molecule has 0 aromatic heterocycles. The van der Waals surface area contributed by atoms with Crippen LogP contribution in [0.4, 0.5) is 0 Å². The van der Waals surface area contributed by atoms with Crippen LogP contribution in [0, 0.1) is 0 Å². The summed E-state index contributed by atoms with van der Waals surface area (Å²) in [5.41, 5.74) is 0.835. The van der Waals surface area contributed by atoms with Gasteiger partial charge < -0.3 is 5.11 Å². The van der Waals surface area contributed by atoms with Crippen molar-refractivity contribution in [3.8, 4) is 0 Å². The minimum atomic E-state index is -0.983. The Morgan fingerprint density at radius 2 is 1.93 bits per heavy atom. The fourth-order valence-corrected chi connectivity index (χ4v) is 1.37. The Morgan fingerprint density at radius 3 is 2.36 bits per heavy atom. The van der Waals surface area contributed by atoms with Gasteiger partial charge in [-0.2, -0.15) is 0 Å². The molecule has 0 aliphatic carbocycles. The van der Waals surface area contributed by atoms with Crippen molar-refractivity contribution in [2.24, 2.45) is 0 Å². The minimum Gasteiger partial charge on any atom is -0.478 e. The first-order valence-corrected chi connectivity index (χ1v) is 4.72. The molecule has 1 N–H and O–H groups in total. The zero-order chi connectivity index (χ0) is 10.6. The molecule has 0 saturated heterocycles. The number of carboxylic acid groups (broad SMARTS) is 1. The van der Waals surface area contributed by atoms with Crippen LogP contribution >= 0.6 is 11.6 Å². The van der Waals surface area contributed by atoms with Gasteiger partial charge in [-0.1, -0.05) is 48.9 Å². The third-order valence-electron chi connectivity index (χ3n) is 1.86. The van der Waals surface area contributed by atoms with Crippen LogP contribution < -0.4 is 0 Å². The Balaban J connectivity index is 3.21. The van der Waals surface area contributed by atoms with Crippen LogP contribution in [0.25, 0.3) is 5.57 Å². The molecule has 1 aromatic carbocycles. The molecule has 0 unspecified atom stereocenters. The zero-order valence-electron chi connectivity index (χ0n) is 7.83. The summed E-state index contributed by atoms with van der Waals surface area (Å²) in [5.74, 6) is -0.983. The number of benzene rings is 1. The fraction of sp³-hybridized carbons (Fsp3) is 0.182. The summed E-state index contributed by atoms with van der Waals surface area (Å²) in [7, 11) is 0. The van der Waals surface area contributed by atoms with E-state index in [1.165, 1.54) is 0 Å². The van der Waals surface area contributed by atoms with E-state index in [9.17, 15) is 4.79 Å². The van der Waals surface area contributed by atoms with Crippen molar-refractivity contribution < 1.29 is 9.90 Å². The maximum atomic E-state index is 11.0. The summed E-state index contributed by atoms with van der Waals surface area (Å²) in [5, 5.41) is 9.36. The van der Waals surface area contributed by atoms with Crippen LogP contribution in [0.1, 0.15) is 18.9 Å². The molecule has 0 saturated carbocycles. The van der Waals surface area contributed by atoms with E-state index in [0.717, 1.165) is 0 Å². The average Bonchev–Trinajstić information content (AvgIpc) is 2.19. The molecule has 0 bridgehead atoms. The SMILES string of the molecule is CC/C(Cl)=C(\C(=O)O)c1ccccc1. The molecule has 3 heteroatoms. The number of aliphatic carboxylic acids is 1. The summed E-state index contributed by atoms with van der Waals surface area (Å²) >= 11 is 5.86. The second-order valence-electron chi connectivity index (χ2n) is 2.80. The molecule has 74 valence electrons. The van der Waals surface area contributed by atoms with Crippen LogP contribution in [0.15, 0.2) is 35.4 Å². The fourth-order valence-electron chi connectivity index (χ4n) is 1.18. The van der Waals surface area contributed by atoms with Gasteiger partial charge in [0.25, 0.3) is 0 Å². The van der Waals surface area contributed by atoms with E-state index in [1.54, 1.807) is 24.3 Å². The molecule has 0 fully saturated rings. The van der Waals surface area contributed by atoms with E-state index in [0.29, 0.717) is 17.0 Å². The largest absolute Gasteiger partial charge is 0.478 e. The van der Waals surface area contributed by atoms with Crippen LogP contribution in [-0.4, -0.2) is 11.1 Å². The lowest BCUT2D eigenvalue weighted by atomic mass is 10.1. The Morgan fingerprint density at radius 1 is 1.36 bits per heavy atom.